The number of hydrazine groups is 1. The second kappa shape index (κ2) is 9.20. The van der Waals surface area contributed by atoms with E-state index in [0.29, 0.717) is 17.9 Å². The Bertz CT molecular complexity index is 958. The number of nitrogens with two attached hydrogens (primary N) is 1. The highest BCUT2D eigenvalue weighted by molar-refractivity contribution is 7.89. The molecule has 150 valence electrons. The molecular weight excluding hydrogens is 386 g/mol. The van der Waals surface area contributed by atoms with Crippen molar-refractivity contribution in [3.63, 3.8) is 0 Å². The largest absolute Gasteiger partial charge is 0.493 e. The maximum absolute atomic E-state index is 12.1. The lowest BCUT2D eigenvalue weighted by Gasteiger charge is -2.11. The first-order valence-corrected chi connectivity index (χ1v) is 9.72. The van der Waals surface area contributed by atoms with Crippen LogP contribution < -0.4 is 25.5 Å². The van der Waals surface area contributed by atoms with Crippen molar-refractivity contribution >= 4 is 21.8 Å². The molecule has 0 bridgehead atoms. The van der Waals surface area contributed by atoms with E-state index in [1.165, 1.54) is 38.5 Å². The Morgan fingerprint density at radius 1 is 0.964 bits per heavy atom. The Balaban J connectivity index is 1.86. The normalized spacial score (nSPS) is 10.8. The number of primary sulfonamides is 1. The molecule has 0 aliphatic heterocycles. The molecule has 0 aliphatic rings. The summed E-state index contributed by atoms with van der Waals surface area (Å²) >= 11 is 0. The van der Waals surface area contributed by atoms with Crippen molar-refractivity contribution in [3.05, 3.63) is 53.6 Å². The summed E-state index contributed by atoms with van der Waals surface area (Å²) in [5, 5.41) is 5.03. The van der Waals surface area contributed by atoms with Gasteiger partial charge in [-0.2, -0.15) is 0 Å². The predicted octanol–water partition coefficient (Wildman–Crippen LogP) is 0.745. The standard InChI is InChI=1S/C18H21N3O6S/c1-26-15-9-6-13(11-16(15)27-2)18(23)21-20-17(22)10-5-12-3-7-14(8-4-12)28(19,24)25/h3-4,6-9,11H,5,10H2,1-2H3,(H,20,22)(H,21,23)(H2,19,24,25). The van der Waals surface area contributed by atoms with Gasteiger partial charge in [0.1, 0.15) is 0 Å². The van der Waals surface area contributed by atoms with E-state index in [-0.39, 0.29) is 16.9 Å². The van der Waals surface area contributed by atoms with Crippen LogP contribution in [0.2, 0.25) is 0 Å². The van der Waals surface area contributed by atoms with E-state index in [0.717, 1.165) is 5.56 Å². The number of hydrogen-bond acceptors (Lipinski definition) is 6. The van der Waals surface area contributed by atoms with Gasteiger partial charge in [-0.05, 0) is 42.3 Å². The maximum Gasteiger partial charge on any atom is 0.269 e. The van der Waals surface area contributed by atoms with Gasteiger partial charge in [-0.15, -0.1) is 0 Å². The van der Waals surface area contributed by atoms with Crippen LogP contribution in [0.15, 0.2) is 47.4 Å². The molecule has 0 radical (unpaired) electrons. The second-order valence-electron chi connectivity index (χ2n) is 5.76. The molecule has 9 nitrogen and oxygen atoms in total. The summed E-state index contributed by atoms with van der Waals surface area (Å²) in [6, 6.07) is 10.5. The van der Waals surface area contributed by atoms with E-state index >= 15 is 0 Å². The fourth-order valence-electron chi connectivity index (χ4n) is 2.34. The first-order chi connectivity index (χ1) is 13.2. The van der Waals surface area contributed by atoms with Crippen molar-refractivity contribution in [1.82, 2.24) is 10.9 Å². The molecule has 0 saturated heterocycles. The summed E-state index contributed by atoms with van der Waals surface area (Å²) in [6.45, 7) is 0. The molecule has 0 fully saturated rings. The van der Waals surface area contributed by atoms with E-state index in [9.17, 15) is 18.0 Å². The summed E-state index contributed by atoms with van der Waals surface area (Å²) in [5.41, 5.74) is 5.70. The topological polar surface area (TPSA) is 137 Å². The number of rotatable bonds is 7. The maximum atomic E-state index is 12.1. The Kier molecular flexibility index (Phi) is 6.96. The van der Waals surface area contributed by atoms with Gasteiger partial charge in [0, 0.05) is 12.0 Å². The molecule has 0 unspecified atom stereocenters. The summed E-state index contributed by atoms with van der Waals surface area (Å²) in [7, 11) is -0.807. The van der Waals surface area contributed by atoms with Crippen molar-refractivity contribution in [3.8, 4) is 11.5 Å². The number of carbonyl (C=O) groups excluding carboxylic acids is 2. The van der Waals surface area contributed by atoms with Gasteiger partial charge in [0.25, 0.3) is 5.91 Å². The van der Waals surface area contributed by atoms with E-state index in [4.69, 9.17) is 14.6 Å². The first-order valence-electron chi connectivity index (χ1n) is 8.17. The average molecular weight is 407 g/mol. The highest BCUT2D eigenvalue weighted by atomic mass is 32.2. The number of nitrogens with one attached hydrogen (secondary N) is 2. The van der Waals surface area contributed by atoms with Crippen molar-refractivity contribution in [2.75, 3.05) is 14.2 Å². The number of aryl methyl sites for hydroxylation is 1. The van der Waals surface area contributed by atoms with E-state index in [1.807, 2.05) is 0 Å². The van der Waals surface area contributed by atoms with Gasteiger partial charge in [0.15, 0.2) is 11.5 Å². The summed E-state index contributed by atoms with van der Waals surface area (Å²) in [4.78, 5) is 24.0. The molecule has 0 spiro atoms. The van der Waals surface area contributed by atoms with Crippen LogP contribution in [0.4, 0.5) is 0 Å². The summed E-state index contributed by atoms with van der Waals surface area (Å²) in [5.74, 6) is -0.0304. The lowest BCUT2D eigenvalue weighted by molar-refractivity contribution is -0.121. The lowest BCUT2D eigenvalue weighted by Crippen LogP contribution is -2.41. The third kappa shape index (κ3) is 5.69. The van der Waals surface area contributed by atoms with Crippen LogP contribution >= 0.6 is 0 Å². The van der Waals surface area contributed by atoms with Gasteiger partial charge in [-0.1, -0.05) is 12.1 Å². The molecule has 2 amide bonds. The fraction of sp³-hybridized carbons (Fsp3) is 0.222. The van der Waals surface area contributed by atoms with Crippen LogP contribution in [-0.4, -0.2) is 34.5 Å². The zero-order chi connectivity index (χ0) is 20.7. The summed E-state index contributed by atoms with van der Waals surface area (Å²) in [6.07, 6.45) is 0.462. The SMILES string of the molecule is COc1ccc(C(=O)NNC(=O)CCc2ccc(S(N)(=O)=O)cc2)cc1OC. The van der Waals surface area contributed by atoms with Crippen LogP contribution in [-0.2, 0) is 21.2 Å². The van der Waals surface area contributed by atoms with Crippen LogP contribution in [0.5, 0.6) is 11.5 Å². The fourth-order valence-corrected chi connectivity index (χ4v) is 2.86. The van der Waals surface area contributed by atoms with Crippen LogP contribution in [0.25, 0.3) is 0 Å². The monoisotopic (exact) mass is 407 g/mol. The number of amides is 2. The number of benzene rings is 2. The molecule has 0 atom stereocenters. The van der Waals surface area contributed by atoms with Gasteiger partial charge in [-0.3, -0.25) is 20.4 Å². The van der Waals surface area contributed by atoms with Crippen molar-refractivity contribution in [1.29, 1.82) is 0 Å². The Hall–Kier alpha value is -3.11. The first kappa shape index (κ1) is 21.2. The third-order valence-corrected chi connectivity index (χ3v) is 4.78. The average Bonchev–Trinajstić information content (AvgIpc) is 2.69. The molecule has 0 saturated carbocycles. The molecule has 2 aromatic carbocycles. The van der Waals surface area contributed by atoms with E-state index in [1.54, 1.807) is 18.2 Å². The number of sulfonamides is 1. The smallest absolute Gasteiger partial charge is 0.269 e. The Morgan fingerprint density at radius 3 is 2.18 bits per heavy atom. The number of ether oxygens (including phenoxy) is 2. The van der Waals surface area contributed by atoms with Gasteiger partial charge in [0.05, 0.1) is 19.1 Å². The highest BCUT2D eigenvalue weighted by Gasteiger charge is 2.12. The van der Waals surface area contributed by atoms with Crippen LogP contribution in [0, 0.1) is 0 Å². The van der Waals surface area contributed by atoms with Crippen molar-refractivity contribution < 1.29 is 27.5 Å². The molecule has 2 aromatic rings. The molecule has 10 heteroatoms. The molecule has 28 heavy (non-hydrogen) atoms. The van der Waals surface area contributed by atoms with Crippen molar-refractivity contribution in [2.45, 2.75) is 17.7 Å². The van der Waals surface area contributed by atoms with E-state index < -0.39 is 21.8 Å². The highest BCUT2D eigenvalue weighted by Crippen LogP contribution is 2.27. The zero-order valence-electron chi connectivity index (χ0n) is 15.4. The van der Waals surface area contributed by atoms with Crippen molar-refractivity contribution in [2.24, 2.45) is 5.14 Å². The third-order valence-electron chi connectivity index (χ3n) is 3.85. The summed E-state index contributed by atoms with van der Waals surface area (Å²) < 4.78 is 32.7. The zero-order valence-corrected chi connectivity index (χ0v) is 16.2. The molecule has 4 N–H and O–H groups in total. The second-order valence-corrected chi connectivity index (χ2v) is 7.32. The van der Waals surface area contributed by atoms with Gasteiger partial charge in [0.2, 0.25) is 15.9 Å². The Labute approximate surface area is 162 Å². The molecular formula is C18H21N3O6S. The van der Waals surface area contributed by atoms with Gasteiger partial charge in [-0.25, -0.2) is 13.6 Å². The number of hydrogen-bond donors (Lipinski definition) is 3. The predicted molar refractivity (Wildman–Crippen MR) is 101 cm³/mol. The minimum Gasteiger partial charge on any atom is -0.493 e. The van der Waals surface area contributed by atoms with Gasteiger partial charge < -0.3 is 9.47 Å². The number of carbonyl (C=O) groups is 2. The molecule has 0 aliphatic carbocycles. The van der Waals surface area contributed by atoms with Crippen LogP contribution in [0.1, 0.15) is 22.3 Å². The van der Waals surface area contributed by atoms with E-state index in [2.05, 4.69) is 10.9 Å². The Morgan fingerprint density at radius 2 is 1.61 bits per heavy atom. The molecule has 2 rings (SSSR count). The molecule has 0 aromatic heterocycles. The minimum absolute atomic E-state index is 0.00267. The lowest BCUT2D eigenvalue weighted by atomic mass is 10.1. The van der Waals surface area contributed by atoms with Crippen LogP contribution in [0.3, 0.4) is 0 Å². The van der Waals surface area contributed by atoms with Gasteiger partial charge >= 0.3 is 0 Å². The molecule has 0 heterocycles. The number of methoxy groups -OCH3 is 2. The quantitative estimate of drug-likeness (QED) is 0.579. The minimum atomic E-state index is -3.75.